The second-order valence-electron chi connectivity index (χ2n) is 8.59. The van der Waals surface area contributed by atoms with Gasteiger partial charge in [0.25, 0.3) is 0 Å². The van der Waals surface area contributed by atoms with Crippen molar-refractivity contribution < 1.29 is 17.6 Å². The van der Waals surface area contributed by atoms with Crippen LogP contribution in [0.2, 0.25) is 0 Å². The van der Waals surface area contributed by atoms with Crippen molar-refractivity contribution in [1.82, 2.24) is 15.0 Å². The average Bonchev–Trinajstić information content (AvgIpc) is 3.68. The molecule has 1 saturated carbocycles. The summed E-state index contributed by atoms with van der Waals surface area (Å²) in [4.78, 5) is 14.1. The molecule has 1 fully saturated rings. The van der Waals surface area contributed by atoms with Crippen LogP contribution in [0.15, 0.2) is 59.5 Å². The summed E-state index contributed by atoms with van der Waals surface area (Å²) >= 11 is 1.10. The Balaban J connectivity index is 1.56. The van der Waals surface area contributed by atoms with Gasteiger partial charge in [-0.1, -0.05) is 12.1 Å². The number of hydrogen-bond donors (Lipinski definition) is 3. The molecule has 0 radical (unpaired) electrons. The molecule has 0 aliphatic heterocycles. The van der Waals surface area contributed by atoms with Crippen molar-refractivity contribution in [1.29, 1.82) is 5.26 Å². The smallest absolute Gasteiger partial charge is 0.354 e. The lowest BCUT2D eigenvalue weighted by molar-refractivity contribution is -0.151. The highest BCUT2D eigenvalue weighted by molar-refractivity contribution is 7.97. The molecular weight excluding hydrogens is 506 g/mol. The second kappa shape index (κ2) is 9.49. The maximum Gasteiger partial charge on any atom is 0.411 e. The summed E-state index contributed by atoms with van der Waals surface area (Å²) in [5.74, 6) is -0.553. The number of nitrogens with one attached hydrogen (secondary N) is 2. The quantitative estimate of drug-likeness (QED) is 0.205. The lowest BCUT2D eigenvalue weighted by atomic mass is 10.0. The molecule has 4 N–H and O–H groups in total. The summed E-state index contributed by atoms with van der Waals surface area (Å²) < 4.78 is 55.0. The van der Waals surface area contributed by atoms with E-state index in [0.29, 0.717) is 17.6 Å². The number of nitriles is 1. The lowest BCUT2D eigenvalue weighted by Crippen LogP contribution is -2.39. The SMILES string of the molecule is N#Cc1cc(F)ccc1-c1ccc2nc(NCc3cccc(SN)c3)nc(NC3(C(F)(F)F)CC3)c2n1. The Kier molecular flexibility index (Phi) is 6.35. The van der Waals surface area contributed by atoms with Crippen LogP contribution in [0, 0.1) is 17.1 Å². The van der Waals surface area contributed by atoms with Crippen molar-refractivity contribution in [2.45, 2.75) is 36.0 Å². The molecule has 2 aromatic heterocycles. The zero-order valence-corrected chi connectivity index (χ0v) is 19.9. The van der Waals surface area contributed by atoms with Gasteiger partial charge in [-0.2, -0.15) is 23.4 Å². The minimum absolute atomic E-state index is 0.0485. The van der Waals surface area contributed by atoms with Gasteiger partial charge in [0, 0.05) is 17.0 Å². The largest absolute Gasteiger partial charge is 0.411 e. The number of hydrogen-bond acceptors (Lipinski definition) is 8. The molecule has 1 aliphatic carbocycles. The van der Waals surface area contributed by atoms with Crippen LogP contribution in [0.25, 0.3) is 22.3 Å². The maximum atomic E-state index is 13.8. The number of nitrogens with two attached hydrogens (primary N) is 1. The predicted molar refractivity (Wildman–Crippen MR) is 133 cm³/mol. The van der Waals surface area contributed by atoms with Crippen LogP contribution in [-0.4, -0.2) is 26.7 Å². The zero-order chi connectivity index (χ0) is 26.2. The summed E-state index contributed by atoms with van der Waals surface area (Å²) in [5.41, 5.74) is -0.132. The van der Waals surface area contributed by atoms with Crippen molar-refractivity contribution in [2.75, 3.05) is 10.6 Å². The van der Waals surface area contributed by atoms with Gasteiger partial charge >= 0.3 is 6.18 Å². The normalized spacial score (nSPS) is 14.3. The van der Waals surface area contributed by atoms with E-state index in [0.717, 1.165) is 28.5 Å². The third-order valence-electron chi connectivity index (χ3n) is 6.06. The number of aromatic nitrogens is 3. The topological polar surface area (TPSA) is 113 Å². The van der Waals surface area contributed by atoms with Crippen LogP contribution < -0.4 is 15.8 Å². The van der Waals surface area contributed by atoms with Crippen molar-refractivity contribution >= 4 is 34.7 Å². The molecule has 0 saturated heterocycles. The number of fused-ring (bicyclic) bond motifs is 1. The fraction of sp³-hybridized carbons (Fsp3) is 0.200. The van der Waals surface area contributed by atoms with Gasteiger partial charge in [0.1, 0.15) is 16.9 Å². The Hall–Kier alpha value is -3.95. The molecule has 0 spiro atoms. The molecule has 188 valence electrons. The summed E-state index contributed by atoms with van der Waals surface area (Å²) in [5, 5.41) is 20.7. The van der Waals surface area contributed by atoms with Gasteiger partial charge in [-0.3, -0.25) is 5.14 Å². The number of anilines is 2. The molecule has 37 heavy (non-hydrogen) atoms. The van der Waals surface area contributed by atoms with Crippen LogP contribution in [0.4, 0.5) is 29.3 Å². The minimum Gasteiger partial charge on any atom is -0.354 e. The van der Waals surface area contributed by atoms with Crippen LogP contribution >= 0.6 is 11.9 Å². The third-order valence-corrected chi connectivity index (χ3v) is 6.58. The summed E-state index contributed by atoms with van der Waals surface area (Å²) in [6.07, 6.45) is -4.67. The van der Waals surface area contributed by atoms with Crippen molar-refractivity contribution in [3.05, 3.63) is 71.5 Å². The first-order chi connectivity index (χ1) is 17.7. The van der Waals surface area contributed by atoms with Crippen molar-refractivity contribution in [2.24, 2.45) is 5.14 Å². The first kappa shape index (κ1) is 24.7. The molecule has 0 bridgehead atoms. The number of alkyl halides is 3. The van der Waals surface area contributed by atoms with Gasteiger partial charge in [0.05, 0.1) is 22.8 Å². The first-order valence-corrected chi connectivity index (χ1v) is 12.0. The van der Waals surface area contributed by atoms with Gasteiger partial charge in [-0.05, 0) is 72.8 Å². The van der Waals surface area contributed by atoms with Gasteiger partial charge < -0.3 is 10.6 Å². The monoisotopic (exact) mass is 525 g/mol. The van der Waals surface area contributed by atoms with Gasteiger partial charge in [0.2, 0.25) is 5.95 Å². The van der Waals surface area contributed by atoms with Crippen LogP contribution in [0.1, 0.15) is 24.0 Å². The maximum absolute atomic E-state index is 13.8. The second-order valence-corrected chi connectivity index (χ2v) is 9.29. The minimum atomic E-state index is -4.49. The fourth-order valence-corrected chi connectivity index (χ4v) is 4.28. The van der Waals surface area contributed by atoms with Crippen LogP contribution in [0.5, 0.6) is 0 Å². The molecule has 12 heteroatoms. The highest BCUT2D eigenvalue weighted by Crippen LogP contribution is 2.51. The van der Waals surface area contributed by atoms with E-state index in [4.69, 9.17) is 5.14 Å². The molecule has 0 unspecified atom stereocenters. The van der Waals surface area contributed by atoms with Crippen LogP contribution in [0.3, 0.4) is 0 Å². The summed E-state index contributed by atoms with van der Waals surface area (Å²) in [6.45, 7) is 0.316. The van der Waals surface area contributed by atoms with Crippen LogP contribution in [-0.2, 0) is 6.54 Å². The molecular formula is C25H19F4N7S. The molecule has 5 rings (SSSR count). The molecule has 1 aliphatic rings. The molecule has 2 heterocycles. The molecule has 2 aromatic carbocycles. The van der Waals surface area contributed by atoms with E-state index in [1.807, 2.05) is 30.3 Å². The van der Waals surface area contributed by atoms with E-state index >= 15 is 0 Å². The van der Waals surface area contributed by atoms with E-state index < -0.39 is 17.5 Å². The van der Waals surface area contributed by atoms with Gasteiger partial charge in [-0.15, -0.1) is 0 Å². The number of rotatable bonds is 7. The Morgan fingerprint density at radius 2 is 1.86 bits per heavy atom. The van der Waals surface area contributed by atoms with E-state index in [2.05, 4.69) is 25.6 Å². The van der Waals surface area contributed by atoms with Gasteiger partial charge in [0.15, 0.2) is 5.82 Å². The van der Waals surface area contributed by atoms with E-state index in [1.165, 1.54) is 12.1 Å². The fourth-order valence-electron chi connectivity index (χ4n) is 3.90. The van der Waals surface area contributed by atoms with Crippen molar-refractivity contribution in [3.8, 4) is 17.3 Å². The number of halogens is 4. The highest BCUT2D eigenvalue weighted by atomic mass is 32.2. The standard InChI is InChI=1S/C25H19F4N7S/c26-16-4-5-18(15(11-16)12-30)19-6-7-20-21(33-19)22(36-24(8-9-24)25(27,28)29)35-23(34-20)32-13-14-2-1-3-17(10-14)37-31/h1-7,10-11H,8-9,13,31H2,(H2,32,34,35,36). The average molecular weight is 526 g/mol. The highest BCUT2D eigenvalue weighted by Gasteiger charge is 2.64. The number of pyridine rings is 1. The van der Waals surface area contributed by atoms with Gasteiger partial charge in [-0.25, -0.2) is 14.4 Å². The lowest BCUT2D eigenvalue weighted by Gasteiger charge is -2.22. The predicted octanol–water partition coefficient (Wildman–Crippen LogP) is 5.79. The molecule has 0 amide bonds. The third kappa shape index (κ3) is 5.00. The van der Waals surface area contributed by atoms with E-state index in [-0.39, 0.29) is 41.4 Å². The number of benzene rings is 2. The summed E-state index contributed by atoms with van der Waals surface area (Å²) in [6, 6.07) is 16.2. The first-order valence-electron chi connectivity index (χ1n) is 11.1. The van der Waals surface area contributed by atoms with Crippen molar-refractivity contribution in [3.63, 3.8) is 0 Å². The molecule has 4 aromatic rings. The Bertz CT molecular complexity index is 1530. The van der Waals surface area contributed by atoms with E-state index in [1.54, 1.807) is 12.1 Å². The Labute approximate surface area is 213 Å². The number of nitrogens with zero attached hydrogens (tertiary/aromatic N) is 4. The van der Waals surface area contributed by atoms with E-state index in [9.17, 15) is 22.8 Å². The molecule has 7 nitrogen and oxygen atoms in total. The molecule has 0 atom stereocenters. The Morgan fingerprint density at radius 3 is 2.57 bits per heavy atom. The summed E-state index contributed by atoms with van der Waals surface area (Å²) in [7, 11) is 0. The Morgan fingerprint density at radius 1 is 1.05 bits per heavy atom. The zero-order valence-electron chi connectivity index (χ0n) is 19.1.